The topological polar surface area (TPSA) is 87.6 Å². The summed E-state index contributed by atoms with van der Waals surface area (Å²) in [6.07, 6.45) is -0.325. The minimum atomic E-state index is -0.484. The average Bonchev–Trinajstić information content (AvgIpc) is 2.23. The minimum absolute atomic E-state index is 0.255. The zero-order valence-corrected chi connectivity index (χ0v) is 10.3. The number of ether oxygens (including phenoxy) is 2. The highest BCUT2D eigenvalue weighted by Crippen LogP contribution is 2.23. The summed E-state index contributed by atoms with van der Waals surface area (Å²) in [5.74, 6) is -0.484. The molecule has 4 N–H and O–H groups in total. The molecule has 1 atom stereocenters. The Labute approximate surface area is 101 Å². The molecule has 17 heavy (non-hydrogen) atoms. The first-order chi connectivity index (χ1) is 7.95. The molecule has 0 radical (unpaired) electrons. The summed E-state index contributed by atoms with van der Waals surface area (Å²) in [6.45, 7) is 3.93. The molecule has 0 aliphatic rings. The number of methoxy groups -OCH3 is 1. The third-order valence-electron chi connectivity index (χ3n) is 2.29. The summed E-state index contributed by atoms with van der Waals surface area (Å²) >= 11 is 0. The molecule has 1 aromatic rings. The van der Waals surface area contributed by atoms with Gasteiger partial charge in [-0.25, -0.2) is 4.79 Å². The van der Waals surface area contributed by atoms with Gasteiger partial charge in [0.25, 0.3) is 0 Å². The number of hydrogen-bond donors (Lipinski definition) is 2. The maximum absolute atomic E-state index is 11.8. The van der Waals surface area contributed by atoms with Crippen molar-refractivity contribution in [1.29, 1.82) is 0 Å². The molecule has 94 valence electrons. The Morgan fingerprint density at radius 1 is 1.41 bits per heavy atom. The number of nitrogen functional groups attached to an aromatic ring is 2. The van der Waals surface area contributed by atoms with E-state index in [1.807, 2.05) is 6.92 Å². The maximum Gasteiger partial charge on any atom is 0.340 e. The maximum atomic E-state index is 11.8. The van der Waals surface area contributed by atoms with Gasteiger partial charge >= 0.3 is 5.97 Å². The predicted octanol–water partition coefficient (Wildman–Crippen LogP) is 1.35. The quantitative estimate of drug-likeness (QED) is 0.610. The molecule has 1 unspecified atom stereocenters. The molecule has 0 amide bonds. The van der Waals surface area contributed by atoms with Crippen LogP contribution in [-0.4, -0.2) is 25.8 Å². The van der Waals surface area contributed by atoms with E-state index in [1.165, 1.54) is 0 Å². The third kappa shape index (κ3) is 3.35. The van der Waals surface area contributed by atoms with Crippen LogP contribution in [0.2, 0.25) is 0 Å². The summed E-state index contributed by atoms with van der Waals surface area (Å²) in [6, 6.07) is 3.37. The number of aryl methyl sites for hydroxylation is 1. The number of esters is 1. The van der Waals surface area contributed by atoms with Crippen molar-refractivity contribution in [3.63, 3.8) is 0 Å². The van der Waals surface area contributed by atoms with E-state index in [2.05, 4.69) is 0 Å². The first kappa shape index (κ1) is 13.3. The summed E-state index contributed by atoms with van der Waals surface area (Å²) in [5, 5.41) is 0. The van der Waals surface area contributed by atoms with Crippen molar-refractivity contribution in [3.8, 4) is 0 Å². The number of benzene rings is 1. The highest BCUT2D eigenvalue weighted by atomic mass is 16.6. The van der Waals surface area contributed by atoms with Gasteiger partial charge in [0.1, 0.15) is 6.10 Å². The lowest BCUT2D eigenvalue weighted by Gasteiger charge is -2.14. The fraction of sp³-hybridized carbons (Fsp3) is 0.417. The Hall–Kier alpha value is -1.75. The van der Waals surface area contributed by atoms with E-state index in [0.29, 0.717) is 17.9 Å². The molecule has 1 rings (SSSR count). The Morgan fingerprint density at radius 3 is 2.65 bits per heavy atom. The second-order valence-electron chi connectivity index (χ2n) is 3.99. The number of hydrogen-bond acceptors (Lipinski definition) is 5. The van der Waals surface area contributed by atoms with Gasteiger partial charge in [-0.05, 0) is 31.5 Å². The Morgan fingerprint density at radius 2 is 2.06 bits per heavy atom. The fourth-order valence-electron chi connectivity index (χ4n) is 1.51. The van der Waals surface area contributed by atoms with Crippen molar-refractivity contribution >= 4 is 17.3 Å². The largest absolute Gasteiger partial charge is 0.457 e. The van der Waals surface area contributed by atoms with Crippen LogP contribution in [0.25, 0.3) is 0 Å². The van der Waals surface area contributed by atoms with E-state index in [0.717, 1.165) is 5.56 Å². The van der Waals surface area contributed by atoms with Crippen LogP contribution in [-0.2, 0) is 9.47 Å². The van der Waals surface area contributed by atoms with Crippen molar-refractivity contribution in [2.24, 2.45) is 0 Å². The first-order valence-electron chi connectivity index (χ1n) is 5.31. The van der Waals surface area contributed by atoms with Crippen LogP contribution in [0.5, 0.6) is 0 Å². The van der Waals surface area contributed by atoms with Gasteiger partial charge in [-0.3, -0.25) is 0 Å². The van der Waals surface area contributed by atoms with Gasteiger partial charge in [0.15, 0.2) is 0 Å². The van der Waals surface area contributed by atoms with E-state index in [-0.39, 0.29) is 11.8 Å². The summed E-state index contributed by atoms with van der Waals surface area (Å²) < 4.78 is 10.1. The molecule has 5 nitrogen and oxygen atoms in total. The molecule has 0 aromatic heterocycles. The molecule has 0 saturated carbocycles. The third-order valence-corrected chi connectivity index (χ3v) is 2.29. The van der Waals surface area contributed by atoms with Crippen LogP contribution in [0.15, 0.2) is 12.1 Å². The highest BCUT2D eigenvalue weighted by molar-refractivity contribution is 5.98. The van der Waals surface area contributed by atoms with Gasteiger partial charge in [0.05, 0.1) is 23.5 Å². The van der Waals surface area contributed by atoms with E-state index in [1.54, 1.807) is 26.2 Å². The minimum Gasteiger partial charge on any atom is -0.457 e. The number of anilines is 2. The van der Waals surface area contributed by atoms with Gasteiger partial charge in [-0.15, -0.1) is 0 Å². The van der Waals surface area contributed by atoms with Crippen molar-refractivity contribution in [1.82, 2.24) is 0 Å². The number of carbonyl (C=O) groups excluding carboxylic acids is 1. The van der Waals surface area contributed by atoms with Crippen LogP contribution in [0, 0.1) is 6.92 Å². The van der Waals surface area contributed by atoms with E-state index in [4.69, 9.17) is 20.9 Å². The second kappa shape index (κ2) is 5.54. The molecule has 0 fully saturated rings. The van der Waals surface area contributed by atoms with Gasteiger partial charge in [-0.1, -0.05) is 0 Å². The monoisotopic (exact) mass is 238 g/mol. The highest BCUT2D eigenvalue weighted by Gasteiger charge is 2.16. The average molecular weight is 238 g/mol. The van der Waals surface area contributed by atoms with Gasteiger partial charge in [-0.2, -0.15) is 0 Å². The second-order valence-corrected chi connectivity index (χ2v) is 3.99. The summed E-state index contributed by atoms with van der Waals surface area (Å²) in [7, 11) is 1.54. The molecule has 0 spiro atoms. The van der Waals surface area contributed by atoms with Crippen molar-refractivity contribution in [2.45, 2.75) is 20.0 Å². The standard InChI is InChI=1S/C12H18N2O3/c1-7-4-9(11(14)10(13)5-7)12(15)17-8(2)6-16-3/h4-5,8H,6,13-14H2,1-3H3. The van der Waals surface area contributed by atoms with Crippen molar-refractivity contribution < 1.29 is 14.3 Å². The number of rotatable bonds is 4. The fourth-order valence-corrected chi connectivity index (χ4v) is 1.51. The lowest BCUT2D eigenvalue weighted by atomic mass is 10.1. The smallest absolute Gasteiger partial charge is 0.340 e. The molecule has 1 aromatic carbocycles. The first-order valence-corrected chi connectivity index (χ1v) is 5.31. The summed E-state index contributed by atoms with van der Waals surface area (Å²) in [5.41, 5.74) is 13.2. The predicted molar refractivity (Wildman–Crippen MR) is 66.8 cm³/mol. The Kier molecular flexibility index (Phi) is 4.34. The van der Waals surface area contributed by atoms with Crippen LogP contribution < -0.4 is 11.5 Å². The number of nitrogens with two attached hydrogens (primary N) is 2. The molecule has 0 saturated heterocycles. The SMILES string of the molecule is COCC(C)OC(=O)c1cc(C)cc(N)c1N. The summed E-state index contributed by atoms with van der Waals surface area (Å²) in [4.78, 5) is 11.8. The van der Waals surface area contributed by atoms with E-state index < -0.39 is 5.97 Å². The Bertz CT molecular complexity index is 418. The van der Waals surface area contributed by atoms with Crippen molar-refractivity contribution in [3.05, 3.63) is 23.3 Å². The number of carbonyl (C=O) groups is 1. The van der Waals surface area contributed by atoms with Crippen LogP contribution >= 0.6 is 0 Å². The van der Waals surface area contributed by atoms with Crippen LogP contribution in [0.1, 0.15) is 22.8 Å². The Balaban J connectivity index is 2.89. The van der Waals surface area contributed by atoms with E-state index in [9.17, 15) is 4.79 Å². The molecular weight excluding hydrogens is 220 g/mol. The molecule has 0 bridgehead atoms. The normalized spacial score (nSPS) is 12.2. The lowest BCUT2D eigenvalue weighted by molar-refractivity contribution is 0.0121. The van der Waals surface area contributed by atoms with Gasteiger partial charge < -0.3 is 20.9 Å². The molecule has 5 heteroatoms. The van der Waals surface area contributed by atoms with Crippen LogP contribution in [0.3, 0.4) is 0 Å². The van der Waals surface area contributed by atoms with Gasteiger partial charge in [0.2, 0.25) is 0 Å². The van der Waals surface area contributed by atoms with E-state index >= 15 is 0 Å². The molecular formula is C12H18N2O3. The zero-order chi connectivity index (χ0) is 13.0. The zero-order valence-electron chi connectivity index (χ0n) is 10.3. The molecule has 0 heterocycles. The van der Waals surface area contributed by atoms with Crippen molar-refractivity contribution in [2.75, 3.05) is 25.2 Å². The molecule has 0 aliphatic heterocycles. The molecule has 0 aliphatic carbocycles. The lowest BCUT2D eigenvalue weighted by Crippen LogP contribution is -2.20. The van der Waals surface area contributed by atoms with Gasteiger partial charge in [0, 0.05) is 7.11 Å². The van der Waals surface area contributed by atoms with Crippen LogP contribution in [0.4, 0.5) is 11.4 Å².